The molecular formula is C18H14N2O3. The number of amides is 1. The van der Waals surface area contributed by atoms with Crippen molar-refractivity contribution in [2.24, 2.45) is 10.2 Å². The summed E-state index contributed by atoms with van der Waals surface area (Å²) in [4.78, 5) is 12.0. The highest BCUT2D eigenvalue weighted by Gasteiger charge is 2.16. The predicted molar refractivity (Wildman–Crippen MR) is 87.3 cm³/mol. The number of phenolic OH excluding ortho intramolecular Hbond substituents is 2. The molecular weight excluding hydrogens is 292 g/mol. The van der Waals surface area contributed by atoms with E-state index in [1.54, 1.807) is 61.5 Å². The van der Waals surface area contributed by atoms with Crippen molar-refractivity contribution in [2.75, 3.05) is 0 Å². The topological polar surface area (TPSA) is 82.2 Å². The summed E-state index contributed by atoms with van der Waals surface area (Å²) in [6.45, 7) is 1.61. The van der Waals surface area contributed by atoms with Crippen LogP contribution < -0.4 is 0 Å². The normalized spacial score (nSPS) is 11.2. The van der Waals surface area contributed by atoms with Crippen LogP contribution in [0.2, 0.25) is 0 Å². The van der Waals surface area contributed by atoms with Gasteiger partial charge in [0.05, 0.1) is 0 Å². The maximum absolute atomic E-state index is 12.0. The minimum atomic E-state index is -0.517. The van der Waals surface area contributed by atoms with Gasteiger partial charge in [-0.2, -0.15) is 0 Å². The number of nitrogens with zero attached hydrogens (tertiary/aromatic N) is 2. The predicted octanol–water partition coefficient (Wildman–Crippen LogP) is 4.48. The van der Waals surface area contributed by atoms with E-state index < -0.39 is 5.91 Å². The number of hydrogen-bond donors (Lipinski definition) is 2. The molecule has 1 amide bonds. The number of fused-ring (bicyclic) bond motifs is 1. The quantitative estimate of drug-likeness (QED) is 0.541. The SMILES string of the molecule is Cc1c(N=NC(=O)c2ccccc2)c(O)c2ccccc2c1O. The lowest BCUT2D eigenvalue weighted by molar-refractivity contribution is 0.0995. The van der Waals surface area contributed by atoms with Gasteiger partial charge >= 0.3 is 0 Å². The fraction of sp³-hybridized carbons (Fsp3) is 0.0556. The van der Waals surface area contributed by atoms with Gasteiger partial charge in [-0.15, -0.1) is 10.2 Å². The van der Waals surface area contributed by atoms with Crippen LogP contribution in [0.25, 0.3) is 10.8 Å². The van der Waals surface area contributed by atoms with Crippen molar-refractivity contribution in [3.63, 3.8) is 0 Å². The third-order valence-electron chi connectivity index (χ3n) is 3.63. The maximum Gasteiger partial charge on any atom is 0.295 e. The number of hydrogen-bond acceptors (Lipinski definition) is 4. The van der Waals surface area contributed by atoms with E-state index >= 15 is 0 Å². The van der Waals surface area contributed by atoms with Crippen molar-refractivity contribution >= 4 is 22.4 Å². The van der Waals surface area contributed by atoms with Gasteiger partial charge in [0, 0.05) is 21.9 Å². The molecule has 0 unspecified atom stereocenters. The van der Waals surface area contributed by atoms with Gasteiger partial charge in [0.1, 0.15) is 11.4 Å². The van der Waals surface area contributed by atoms with E-state index in [4.69, 9.17) is 0 Å². The second-order valence-electron chi connectivity index (χ2n) is 5.09. The summed E-state index contributed by atoms with van der Waals surface area (Å²) in [7, 11) is 0. The van der Waals surface area contributed by atoms with Gasteiger partial charge in [0.15, 0.2) is 5.75 Å². The van der Waals surface area contributed by atoms with E-state index in [9.17, 15) is 15.0 Å². The standard InChI is InChI=1S/C18H14N2O3/c1-11-15(19-20-18(23)12-7-3-2-4-8-12)17(22)14-10-6-5-9-13(14)16(11)21/h2-10,21-22H,1H3. The van der Waals surface area contributed by atoms with Crippen LogP contribution in [0, 0.1) is 6.92 Å². The molecule has 0 radical (unpaired) electrons. The summed E-state index contributed by atoms with van der Waals surface area (Å²) in [6, 6.07) is 15.4. The average molecular weight is 306 g/mol. The van der Waals surface area contributed by atoms with Crippen LogP contribution in [-0.2, 0) is 0 Å². The summed E-state index contributed by atoms with van der Waals surface area (Å²) in [5.41, 5.74) is 0.856. The Kier molecular flexibility index (Phi) is 3.76. The highest BCUT2D eigenvalue weighted by molar-refractivity contribution is 5.99. The van der Waals surface area contributed by atoms with E-state index in [-0.39, 0.29) is 17.2 Å². The number of carbonyl (C=O) groups is 1. The molecule has 0 fully saturated rings. The molecule has 0 spiro atoms. The average Bonchev–Trinajstić information content (AvgIpc) is 2.60. The molecule has 0 aliphatic heterocycles. The van der Waals surface area contributed by atoms with E-state index in [1.165, 1.54) is 0 Å². The molecule has 3 aromatic carbocycles. The minimum absolute atomic E-state index is 0.0134. The first-order chi connectivity index (χ1) is 11.1. The van der Waals surface area contributed by atoms with E-state index in [0.29, 0.717) is 21.9 Å². The summed E-state index contributed by atoms with van der Waals surface area (Å²) >= 11 is 0. The zero-order chi connectivity index (χ0) is 16.4. The fourth-order valence-electron chi connectivity index (χ4n) is 2.37. The van der Waals surface area contributed by atoms with Crippen LogP contribution in [-0.4, -0.2) is 16.1 Å². The molecule has 23 heavy (non-hydrogen) atoms. The molecule has 2 N–H and O–H groups in total. The van der Waals surface area contributed by atoms with Crippen LogP contribution in [0.4, 0.5) is 5.69 Å². The van der Waals surface area contributed by atoms with Crippen molar-refractivity contribution in [3.8, 4) is 11.5 Å². The summed E-state index contributed by atoms with van der Waals surface area (Å²) in [5.74, 6) is -0.614. The zero-order valence-electron chi connectivity index (χ0n) is 12.4. The Morgan fingerprint density at radius 3 is 2.09 bits per heavy atom. The number of phenols is 2. The molecule has 0 heterocycles. The highest BCUT2D eigenvalue weighted by atomic mass is 16.3. The maximum atomic E-state index is 12.0. The number of benzene rings is 3. The van der Waals surface area contributed by atoms with Gasteiger partial charge < -0.3 is 10.2 Å². The first-order valence-electron chi connectivity index (χ1n) is 7.04. The lowest BCUT2D eigenvalue weighted by atomic mass is 10.0. The molecule has 5 heteroatoms. The van der Waals surface area contributed by atoms with Gasteiger partial charge in [0.25, 0.3) is 5.91 Å². The van der Waals surface area contributed by atoms with E-state index in [2.05, 4.69) is 10.2 Å². The van der Waals surface area contributed by atoms with Crippen molar-refractivity contribution < 1.29 is 15.0 Å². The molecule has 0 aliphatic rings. The molecule has 114 valence electrons. The van der Waals surface area contributed by atoms with Gasteiger partial charge in [-0.1, -0.05) is 42.5 Å². The van der Waals surface area contributed by atoms with Crippen LogP contribution in [0.5, 0.6) is 11.5 Å². The fourth-order valence-corrected chi connectivity index (χ4v) is 2.37. The molecule has 0 saturated carbocycles. The second kappa shape index (κ2) is 5.88. The Bertz CT molecular complexity index is 918. The monoisotopic (exact) mass is 306 g/mol. The molecule has 0 atom stereocenters. The lowest BCUT2D eigenvalue weighted by Crippen LogP contribution is -1.92. The van der Waals surface area contributed by atoms with Crippen LogP contribution in [0.1, 0.15) is 15.9 Å². The van der Waals surface area contributed by atoms with Crippen molar-refractivity contribution in [3.05, 3.63) is 65.7 Å². The van der Waals surface area contributed by atoms with Gasteiger partial charge in [0.2, 0.25) is 0 Å². The van der Waals surface area contributed by atoms with Crippen LogP contribution >= 0.6 is 0 Å². The molecule has 0 saturated heterocycles. The van der Waals surface area contributed by atoms with Gasteiger partial charge in [-0.3, -0.25) is 4.79 Å². The van der Waals surface area contributed by atoms with Gasteiger partial charge in [-0.05, 0) is 19.1 Å². The molecule has 3 aromatic rings. The van der Waals surface area contributed by atoms with Crippen molar-refractivity contribution in [2.45, 2.75) is 6.92 Å². The summed E-state index contributed by atoms with van der Waals surface area (Å²) in [6.07, 6.45) is 0. The van der Waals surface area contributed by atoms with Crippen molar-refractivity contribution in [1.82, 2.24) is 0 Å². The zero-order valence-corrected chi connectivity index (χ0v) is 12.4. The van der Waals surface area contributed by atoms with Crippen LogP contribution in [0.3, 0.4) is 0 Å². The number of carbonyl (C=O) groups excluding carboxylic acids is 1. The van der Waals surface area contributed by atoms with E-state index in [1.807, 2.05) is 0 Å². The third kappa shape index (κ3) is 2.64. The van der Waals surface area contributed by atoms with Crippen molar-refractivity contribution in [1.29, 1.82) is 0 Å². The highest BCUT2D eigenvalue weighted by Crippen LogP contribution is 2.44. The molecule has 0 bridgehead atoms. The second-order valence-corrected chi connectivity index (χ2v) is 5.09. The molecule has 0 aliphatic carbocycles. The molecule has 5 nitrogen and oxygen atoms in total. The Morgan fingerprint density at radius 1 is 0.870 bits per heavy atom. The minimum Gasteiger partial charge on any atom is -0.507 e. The summed E-state index contributed by atoms with van der Waals surface area (Å²) in [5, 5.41) is 29.1. The smallest absolute Gasteiger partial charge is 0.295 e. The molecule has 0 aromatic heterocycles. The summed E-state index contributed by atoms with van der Waals surface area (Å²) < 4.78 is 0. The van der Waals surface area contributed by atoms with Gasteiger partial charge in [-0.25, -0.2) is 0 Å². The van der Waals surface area contributed by atoms with Crippen LogP contribution in [0.15, 0.2) is 64.8 Å². The largest absolute Gasteiger partial charge is 0.507 e. The lowest BCUT2D eigenvalue weighted by Gasteiger charge is -2.10. The number of rotatable bonds is 2. The molecule has 3 rings (SSSR count). The number of azo groups is 1. The first-order valence-corrected chi connectivity index (χ1v) is 7.04. The third-order valence-corrected chi connectivity index (χ3v) is 3.63. The van der Waals surface area contributed by atoms with E-state index in [0.717, 1.165) is 0 Å². The Morgan fingerprint density at radius 2 is 1.43 bits per heavy atom. The first kappa shape index (κ1) is 14.7. The number of aromatic hydroxyl groups is 2. The Hall–Kier alpha value is -3.21. The Labute approximate surface area is 132 Å². The Balaban J connectivity index is 2.07.